The summed E-state index contributed by atoms with van der Waals surface area (Å²) in [7, 11) is 0. The molecular formula is C13H19F2NO. The Morgan fingerprint density at radius 3 is 1.94 bits per heavy atom. The lowest BCUT2D eigenvalue weighted by atomic mass is 10.1. The number of hydrogen-bond acceptors (Lipinski definition) is 2. The van der Waals surface area contributed by atoms with Crippen molar-refractivity contribution in [3.8, 4) is 5.75 Å². The zero-order valence-corrected chi connectivity index (χ0v) is 10.3. The number of phenols is 1. The molecule has 0 heterocycles. The van der Waals surface area contributed by atoms with Crippen molar-refractivity contribution in [2.24, 2.45) is 0 Å². The van der Waals surface area contributed by atoms with Crippen LogP contribution < -0.4 is 0 Å². The Labute approximate surface area is 101 Å². The van der Waals surface area contributed by atoms with Gasteiger partial charge in [-0.2, -0.15) is 0 Å². The first-order chi connectivity index (χ1) is 8.08. The van der Waals surface area contributed by atoms with Gasteiger partial charge in [0.2, 0.25) is 0 Å². The molecule has 17 heavy (non-hydrogen) atoms. The van der Waals surface area contributed by atoms with Crippen LogP contribution in [0.5, 0.6) is 5.75 Å². The number of halogens is 2. The average molecular weight is 243 g/mol. The summed E-state index contributed by atoms with van der Waals surface area (Å²) in [5.74, 6) is -2.69. The second-order valence-corrected chi connectivity index (χ2v) is 4.18. The lowest BCUT2D eigenvalue weighted by Crippen LogP contribution is -2.25. The van der Waals surface area contributed by atoms with E-state index < -0.39 is 17.4 Å². The summed E-state index contributed by atoms with van der Waals surface area (Å²) >= 11 is 0. The van der Waals surface area contributed by atoms with Crippen LogP contribution in [0.25, 0.3) is 0 Å². The summed E-state index contributed by atoms with van der Waals surface area (Å²) in [4.78, 5) is 2.14. The van der Waals surface area contributed by atoms with E-state index >= 15 is 0 Å². The molecule has 0 spiro atoms. The first-order valence-corrected chi connectivity index (χ1v) is 5.97. The Hall–Kier alpha value is -1.16. The van der Waals surface area contributed by atoms with Gasteiger partial charge in [-0.15, -0.1) is 0 Å². The largest absolute Gasteiger partial charge is 0.503 e. The second kappa shape index (κ2) is 6.55. The molecule has 0 unspecified atom stereocenters. The molecule has 0 aliphatic carbocycles. The standard InChI is InChI=1S/C13H19F2NO/c1-3-5-16(6-4-2)9-10-7-11(14)13(17)12(15)8-10/h7-8,17H,3-6,9H2,1-2H3. The van der Waals surface area contributed by atoms with Crippen LogP contribution in [0.15, 0.2) is 12.1 Å². The SMILES string of the molecule is CCCN(CCC)Cc1cc(F)c(O)c(F)c1. The van der Waals surface area contributed by atoms with Gasteiger partial charge < -0.3 is 5.11 Å². The van der Waals surface area contributed by atoms with Gasteiger partial charge in [0.1, 0.15) is 0 Å². The molecule has 0 fully saturated rings. The van der Waals surface area contributed by atoms with Crippen molar-refractivity contribution in [2.75, 3.05) is 13.1 Å². The highest BCUT2D eigenvalue weighted by molar-refractivity contribution is 5.29. The molecule has 1 N–H and O–H groups in total. The van der Waals surface area contributed by atoms with Gasteiger partial charge in [0.15, 0.2) is 17.4 Å². The van der Waals surface area contributed by atoms with Crippen molar-refractivity contribution < 1.29 is 13.9 Å². The summed E-state index contributed by atoms with van der Waals surface area (Å²) in [5, 5.41) is 9.01. The Morgan fingerprint density at radius 2 is 1.53 bits per heavy atom. The van der Waals surface area contributed by atoms with Crippen molar-refractivity contribution in [2.45, 2.75) is 33.2 Å². The van der Waals surface area contributed by atoms with Crippen LogP contribution in [0.3, 0.4) is 0 Å². The fourth-order valence-electron chi connectivity index (χ4n) is 1.87. The highest BCUT2D eigenvalue weighted by Crippen LogP contribution is 2.22. The van der Waals surface area contributed by atoms with Crippen molar-refractivity contribution in [3.63, 3.8) is 0 Å². The monoisotopic (exact) mass is 243 g/mol. The number of nitrogens with zero attached hydrogens (tertiary/aromatic N) is 1. The van der Waals surface area contributed by atoms with Gasteiger partial charge >= 0.3 is 0 Å². The number of aromatic hydroxyl groups is 1. The molecule has 0 aliphatic rings. The van der Waals surface area contributed by atoms with Crippen LogP contribution >= 0.6 is 0 Å². The predicted molar refractivity (Wildman–Crippen MR) is 63.9 cm³/mol. The third-order valence-corrected chi connectivity index (χ3v) is 2.56. The third kappa shape index (κ3) is 3.97. The number of phenolic OH excluding ortho intramolecular Hbond substituents is 1. The van der Waals surface area contributed by atoms with Gasteiger partial charge in [0, 0.05) is 6.54 Å². The molecule has 1 aromatic carbocycles. The molecule has 0 saturated carbocycles. The fourth-order valence-corrected chi connectivity index (χ4v) is 1.87. The van der Waals surface area contributed by atoms with Crippen molar-refractivity contribution in [3.05, 3.63) is 29.3 Å². The number of hydrogen-bond donors (Lipinski definition) is 1. The van der Waals surface area contributed by atoms with Crippen LogP contribution in [-0.4, -0.2) is 23.1 Å². The minimum Gasteiger partial charge on any atom is -0.503 e. The van der Waals surface area contributed by atoms with E-state index in [1.165, 1.54) is 12.1 Å². The number of rotatable bonds is 6. The fraction of sp³-hybridized carbons (Fsp3) is 0.538. The normalized spacial score (nSPS) is 11.1. The van der Waals surface area contributed by atoms with E-state index in [9.17, 15) is 8.78 Å². The van der Waals surface area contributed by atoms with Crippen molar-refractivity contribution in [1.82, 2.24) is 4.90 Å². The summed E-state index contributed by atoms with van der Waals surface area (Å²) < 4.78 is 26.3. The Morgan fingerprint density at radius 1 is 1.06 bits per heavy atom. The zero-order chi connectivity index (χ0) is 12.8. The van der Waals surface area contributed by atoms with E-state index in [2.05, 4.69) is 18.7 Å². The minimum atomic E-state index is -0.897. The average Bonchev–Trinajstić information content (AvgIpc) is 2.26. The van der Waals surface area contributed by atoms with Crippen molar-refractivity contribution >= 4 is 0 Å². The lowest BCUT2D eigenvalue weighted by Gasteiger charge is -2.21. The maximum atomic E-state index is 13.2. The molecule has 0 saturated heterocycles. The number of benzene rings is 1. The summed E-state index contributed by atoms with van der Waals surface area (Å²) in [6, 6.07) is 2.38. The van der Waals surface area contributed by atoms with Gasteiger partial charge in [0.25, 0.3) is 0 Å². The Balaban J connectivity index is 2.78. The molecular weight excluding hydrogens is 224 g/mol. The van der Waals surface area contributed by atoms with E-state index in [1.54, 1.807) is 0 Å². The van der Waals surface area contributed by atoms with Crippen LogP contribution in [0, 0.1) is 11.6 Å². The second-order valence-electron chi connectivity index (χ2n) is 4.18. The van der Waals surface area contributed by atoms with E-state index in [0.717, 1.165) is 25.9 Å². The Kier molecular flexibility index (Phi) is 5.35. The molecule has 0 radical (unpaired) electrons. The minimum absolute atomic E-state index is 0.510. The van der Waals surface area contributed by atoms with E-state index in [4.69, 9.17) is 5.11 Å². The maximum absolute atomic E-state index is 13.2. The first kappa shape index (κ1) is 13.9. The predicted octanol–water partition coefficient (Wildman–Crippen LogP) is 3.29. The summed E-state index contributed by atoms with van der Waals surface area (Å²) in [6.07, 6.45) is 2.01. The zero-order valence-electron chi connectivity index (χ0n) is 10.3. The third-order valence-electron chi connectivity index (χ3n) is 2.56. The van der Waals surface area contributed by atoms with Crippen LogP contribution in [-0.2, 0) is 6.54 Å². The molecule has 2 nitrogen and oxygen atoms in total. The van der Waals surface area contributed by atoms with E-state index in [1.807, 2.05) is 0 Å². The topological polar surface area (TPSA) is 23.5 Å². The van der Waals surface area contributed by atoms with Gasteiger partial charge in [-0.05, 0) is 43.6 Å². The lowest BCUT2D eigenvalue weighted by molar-refractivity contribution is 0.265. The summed E-state index contributed by atoms with van der Waals surface area (Å²) in [6.45, 7) is 6.45. The van der Waals surface area contributed by atoms with Crippen LogP contribution in [0.4, 0.5) is 8.78 Å². The molecule has 0 amide bonds. The molecule has 1 rings (SSSR count). The van der Waals surface area contributed by atoms with E-state index in [-0.39, 0.29) is 0 Å². The molecule has 0 aromatic heterocycles. The van der Waals surface area contributed by atoms with Gasteiger partial charge in [-0.3, -0.25) is 4.90 Å². The molecule has 4 heteroatoms. The maximum Gasteiger partial charge on any atom is 0.187 e. The smallest absolute Gasteiger partial charge is 0.187 e. The van der Waals surface area contributed by atoms with Crippen molar-refractivity contribution in [1.29, 1.82) is 0 Å². The molecule has 1 aromatic rings. The van der Waals surface area contributed by atoms with Crippen LogP contribution in [0.1, 0.15) is 32.3 Å². The van der Waals surface area contributed by atoms with E-state index in [0.29, 0.717) is 12.1 Å². The first-order valence-electron chi connectivity index (χ1n) is 5.97. The van der Waals surface area contributed by atoms with Gasteiger partial charge in [-0.25, -0.2) is 8.78 Å². The highest BCUT2D eigenvalue weighted by Gasteiger charge is 2.11. The molecule has 0 bridgehead atoms. The molecule has 96 valence electrons. The Bertz CT molecular complexity index is 339. The van der Waals surface area contributed by atoms with Gasteiger partial charge in [-0.1, -0.05) is 13.8 Å². The molecule has 0 atom stereocenters. The quantitative estimate of drug-likeness (QED) is 0.828. The summed E-state index contributed by atoms with van der Waals surface area (Å²) in [5.41, 5.74) is 0.555. The van der Waals surface area contributed by atoms with Crippen LogP contribution in [0.2, 0.25) is 0 Å². The van der Waals surface area contributed by atoms with Gasteiger partial charge in [0.05, 0.1) is 0 Å². The highest BCUT2D eigenvalue weighted by atomic mass is 19.1. The molecule has 0 aliphatic heterocycles.